The number of aromatic nitrogens is 1. The SMILES string of the molecule is CC(C)CC1NC(=O)N(CN2CCCCC2c2nc3ccccc3s2)C1=O. The molecule has 2 fully saturated rings. The molecule has 1 aromatic heterocycles. The minimum atomic E-state index is -0.386. The smallest absolute Gasteiger partial charge is 0.325 e. The first kappa shape index (κ1) is 18.4. The van der Waals surface area contributed by atoms with Gasteiger partial charge in [0.15, 0.2) is 0 Å². The molecule has 2 aromatic rings. The fraction of sp³-hybridized carbons (Fsp3) is 0.550. The number of amides is 3. The average molecular weight is 387 g/mol. The maximum Gasteiger partial charge on any atom is 0.325 e. The Morgan fingerprint density at radius 2 is 2.07 bits per heavy atom. The van der Waals surface area contributed by atoms with Crippen LogP contribution >= 0.6 is 11.3 Å². The fourth-order valence-electron chi connectivity index (χ4n) is 4.00. The number of fused-ring (bicyclic) bond motifs is 1. The van der Waals surface area contributed by atoms with Crippen molar-refractivity contribution in [3.63, 3.8) is 0 Å². The summed E-state index contributed by atoms with van der Waals surface area (Å²) in [7, 11) is 0. The molecule has 1 N–H and O–H groups in total. The molecule has 27 heavy (non-hydrogen) atoms. The lowest BCUT2D eigenvalue weighted by atomic mass is 10.0. The molecular weight excluding hydrogens is 360 g/mol. The van der Waals surface area contributed by atoms with Crippen molar-refractivity contribution in [3.8, 4) is 0 Å². The summed E-state index contributed by atoms with van der Waals surface area (Å²) in [5.41, 5.74) is 1.02. The highest BCUT2D eigenvalue weighted by atomic mass is 32.1. The third-order valence-corrected chi connectivity index (χ3v) is 6.48. The first-order valence-corrected chi connectivity index (χ1v) is 10.6. The molecule has 2 saturated heterocycles. The minimum absolute atomic E-state index is 0.0951. The van der Waals surface area contributed by atoms with Crippen LogP contribution in [0.2, 0.25) is 0 Å². The van der Waals surface area contributed by atoms with Crippen LogP contribution in [0, 0.1) is 5.92 Å². The number of urea groups is 1. The van der Waals surface area contributed by atoms with Crippen molar-refractivity contribution in [1.82, 2.24) is 20.1 Å². The van der Waals surface area contributed by atoms with Gasteiger partial charge in [0.1, 0.15) is 11.0 Å². The number of rotatable bonds is 5. The third kappa shape index (κ3) is 3.71. The van der Waals surface area contributed by atoms with E-state index in [1.54, 1.807) is 11.3 Å². The van der Waals surface area contributed by atoms with Gasteiger partial charge in [-0.3, -0.25) is 9.69 Å². The number of likely N-dealkylation sites (tertiary alicyclic amines) is 1. The molecule has 2 aliphatic heterocycles. The summed E-state index contributed by atoms with van der Waals surface area (Å²) in [4.78, 5) is 33.6. The maximum absolute atomic E-state index is 12.7. The third-order valence-electron chi connectivity index (χ3n) is 5.35. The number of hydrogen-bond donors (Lipinski definition) is 1. The predicted octanol–water partition coefficient (Wildman–Crippen LogP) is 3.75. The number of nitrogens with zero attached hydrogens (tertiary/aromatic N) is 3. The van der Waals surface area contributed by atoms with Crippen LogP contribution < -0.4 is 5.32 Å². The lowest BCUT2D eigenvalue weighted by Gasteiger charge is -2.36. The van der Waals surface area contributed by atoms with E-state index < -0.39 is 0 Å². The summed E-state index contributed by atoms with van der Waals surface area (Å²) >= 11 is 1.72. The molecule has 0 spiro atoms. The van der Waals surface area contributed by atoms with E-state index in [9.17, 15) is 9.59 Å². The zero-order chi connectivity index (χ0) is 19.0. The number of piperidine rings is 1. The van der Waals surface area contributed by atoms with E-state index in [0.29, 0.717) is 19.0 Å². The Balaban J connectivity index is 1.53. The second-order valence-corrected chi connectivity index (χ2v) is 8.95. The summed E-state index contributed by atoms with van der Waals surface area (Å²) in [6.07, 6.45) is 3.93. The molecule has 0 aliphatic carbocycles. The number of hydrogen-bond acceptors (Lipinski definition) is 5. The van der Waals surface area contributed by atoms with E-state index in [1.807, 2.05) is 18.2 Å². The van der Waals surface area contributed by atoms with Crippen molar-refractivity contribution < 1.29 is 9.59 Å². The quantitative estimate of drug-likeness (QED) is 0.795. The van der Waals surface area contributed by atoms with E-state index in [2.05, 4.69) is 30.1 Å². The Hall–Kier alpha value is -1.99. The molecule has 3 amide bonds. The number of imide groups is 1. The summed E-state index contributed by atoms with van der Waals surface area (Å²) < 4.78 is 1.19. The lowest BCUT2D eigenvalue weighted by molar-refractivity contribution is -0.129. The summed E-state index contributed by atoms with van der Waals surface area (Å²) in [6, 6.07) is 7.69. The lowest BCUT2D eigenvalue weighted by Crippen LogP contribution is -2.45. The minimum Gasteiger partial charge on any atom is -0.326 e. The monoisotopic (exact) mass is 386 g/mol. The Kier molecular flexibility index (Phi) is 5.14. The summed E-state index contributed by atoms with van der Waals surface area (Å²) in [5, 5.41) is 3.93. The van der Waals surface area contributed by atoms with Gasteiger partial charge in [-0.05, 0) is 37.3 Å². The molecule has 6 nitrogen and oxygen atoms in total. The zero-order valence-corrected chi connectivity index (χ0v) is 16.7. The van der Waals surface area contributed by atoms with Crippen molar-refractivity contribution >= 4 is 33.5 Å². The van der Waals surface area contributed by atoms with Gasteiger partial charge < -0.3 is 5.32 Å². The Labute approximate surface area is 163 Å². The highest BCUT2D eigenvalue weighted by Gasteiger charge is 2.40. The van der Waals surface area contributed by atoms with Crippen LogP contribution in [0.3, 0.4) is 0 Å². The molecule has 2 aliphatic rings. The number of benzene rings is 1. The zero-order valence-electron chi connectivity index (χ0n) is 15.9. The van der Waals surface area contributed by atoms with Crippen molar-refractivity contribution in [2.45, 2.75) is 51.6 Å². The van der Waals surface area contributed by atoms with Gasteiger partial charge >= 0.3 is 6.03 Å². The first-order chi connectivity index (χ1) is 13.0. The molecule has 2 unspecified atom stereocenters. The van der Waals surface area contributed by atoms with Crippen molar-refractivity contribution in [3.05, 3.63) is 29.3 Å². The number of nitrogens with one attached hydrogen (secondary N) is 1. The van der Waals surface area contributed by atoms with Gasteiger partial charge in [-0.2, -0.15) is 0 Å². The van der Waals surface area contributed by atoms with Gasteiger partial charge in [-0.1, -0.05) is 32.4 Å². The molecule has 144 valence electrons. The van der Waals surface area contributed by atoms with E-state index in [0.717, 1.165) is 36.3 Å². The summed E-state index contributed by atoms with van der Waals surface area (Å²) in [6.45, 7) is 5.36. The molecule has 0 saturated carbocycles. The molecule has 2 atom stereocenters. The normalized spacial score (nSPS) is 24.2. The predicted molar refractivity (Wildman–Crippen MR) is 106 cm³/mol. The number of carbonyl (C=O) groups is 2. The van der Waals surface area contributed by atoms with E-state index in [4.69, 9.17) is 4.98 Å². The molecule has 3 heterocycles. The number of carbonyl (C=O) groups excluding carboxylic acids is 2. The van der Waals surface area contributed by atoms with Gasteiger partial charge in [-0.25, -0.2) is 14.7 Å². The van der Waals surface area contributed by atoms with Gasteiger partial charge in [0, 0.05) is 6.54 Å². The van der Waals surface area contributed by atoms with Crippen molar-refractivity contribution in [2.24, 2.45) is 5.92 Å². The van der Waals surface area contributed by atoms with E-state index >= 15 is 0 Å². The van der Waals surface area contributed by atoms with E-state index in [1.165, 1.54) is 9.60 Å². The topological polar surface area (TPSA) is 65.5 Å². The molecule has 1 aromatic carbocycles. The van der Waals surface area contributed by atoms with Gasteiger partial charge in [0.05, 0.1) is 22.9 Å². The van der Waals surface area contributed by atoms with Crippen LogP contribution in [0.25, 0.3) is 10.2 Å². The van der Waals surface area contributed by atoms with Crippen LogP contribution in [0.15, 0.2) is 24.3 Å². The Morgan fingerprint density at radius 1 is 1.26 bits per heavy atom. The summed E-state index contributed by atoms with van der Waals surface area (Å²) in [5.74, 6) is 0.270. The largest absolute Gasteiger partial charge is 0.326 e. The van der Waals surface area contributed by atoms with Crippen LogP contribution in [0.1, 0.15) is 50.6 Å². The highest BCUT2D eigenvalue weighted by molar-refractivity contribution is 7.18. The van der Waals surface area contributed by atoms with Crippen LogP contribution in [-0.2, 0) is 4.79 Å². The maximum atomic E-state index is 12.7. The van der Waals surface area contributed by atoms with E-state index in [-0.39, 0.29) is 24.0 Å². The van der Waals surface area contributed by atoms with Crippen molar-refractivity contribution in [2.75, 3.05) is 13.2 Å². The van der Waals surface area contributed by atoms with Crippen LogP contribution in [-0.4, -0.2) is 46.0 Å². The number of para-hydroxylation sites is 1. The molecule has 0 radical (unpaired) electrons. The fourth-order valence-corrected chi connectivity index (χ4v) is 5.13. The second-order valence-electron chi connectivity index (χ2n) is 7.88. The Bertz CT molecular complexity index is 816. The van der Waals surface area contributed by atoms with Crippen LogP contribution in [0.5, 0.6) is 0 Å². The molecule has 4 rings (SSSR count). The first-order valence-electron chi connectivity index (χ1n) is 9.74. The second kappa shape index (κ2) is 7.56. The molecular formula is C20H26N4O2S. The van der Waals surface area contributed by atoms with Gasteiger partial charge in [0.25, 0.3) is 5.91 Å². The van der Waals surface area contributed by atoms with Gasteiger partial charge in [0.2, 0.25) is 0 Å². The number of thiazole rings is 1. The Morgan fingerprint density at radius 3 is 2.85 bits per heavy atom. The highest BCUT2D eigenvalue weighted by Crippen LogP contribution is 2.36. The standard InChI is InChI=1S/C20H26N4O2S/c1-13(2)11-15-19(25)24(20(26)22-15)12-23-10-6-5-8-16(23)18-21-14-7-3-4-9-17(14)27-18/h3-4,7,9,13,15-16H,5-6,8,10-12H2,1-2H3,(H,22,26). The molecule has 0 bridgehead atoms. The molecule has 7 heteroatoms. The van der Waals surface area contributed by atoms with Crippen LogP contribution in [0.4, 0.5) is 4.79 Å². The van der Waals surface area contributed by atoms with Gasteiger partial charge in [-0.15, -0.1) is 11.3 Å². The average Bonchev–Trinajstić information content (AvgIpc) is 3.18. The van der Waals surface area contributed by atoms with Crippen molar-refractivity contribution in [1.29, 1.82) is 0 Å².